The lowest BCUT2D eigenvalue weighted by molar-refractivity contribution is -0.150. The topological polar surface area (TPSA) is 95.9 Å². The van der Waals surface area contributed by atoms with E-state index in [1.54, 1.807) is 0 Å². The number of rotatable bonds is 9. The first-order valence-corrected chi connectivity index (χ1v) is 11.6. The molecule has 7 heteroatoms. The minimum atomic E-state index is -1.02. The third-order valence-electron chi connectivity index (χ3n) is 6.58. The van der Waals surface area contributed by atoms with Crippen molar-refractivity contribution in [1.82, 2.24) is 10.2 Å². The Bertz CT molecular complexity index is 1000. The molecule has 4 rings (SSSR count). The highest BCUT2D eigenvalue weighted by atomic mass is 16.5. The number of aliphatic carboxylic acids is 1. The number of nitrogens with one attached hydrogen (secondary N) is 1. The van der Waals surface area contributed by atoms with Crippen molar-refractivity contribution < 1.29 is 24.2 Å². The van der Waals surface area contributed by atoms with E-state index in [9.17, 15) is 19.5 Å². The molecule has 2 aromatic carbocycles. The molecule has 0 spiro atoms. The number of fused-ring (bicyclic) bond motifs is 3. The molecule has 2 unspecified atom stereocenters. The van der Waals surface area contributed by atoms with Gasteiger partial charge >= 0.3 is 12.1 Å². The van der Waals surface area contributed by atoms with E-state index in [1.165, 1.54) is 11.8 Å². The summed E-state index contributed by atoms with van der Waals surface area (Å²) >= 11 is 0. The van der Waals surface area contributed by atoms with Gasteiger partial charge in [0.2, 0.25) is 5.91 Å². The minimum Gasteiger partial charge on any atom is -0.480 e. The molecule has 0 aliphatic heterocycles. The van der Waals surface area contributed by atoms with E-state index in [0.29, 0.717) is 6.42 Å². The Morgan fingerprint density at radius 1 is 1.06 bits per heavy atom. The number of ether oxygens (including phenoxy) is 1. The number of carbonyl (C=O) groups is 3. The summed E-state index contributed by atoms with van der Waals surface area (Å²) in [4.78, 5) is 38.3. The van der Waals surface area contributed by atoms with Gasteiger partial charge in [0, 0.05) is 24.4 Å². The maximum atomic E-state index is 12.8. The van der Waals surface area contributed by atoms with Gasteiger partial charge in [-0.3, -0.25) is 4.79 Å². The molecule has 0 radical (unpaired) electrons. The fourth-order valence-electron chi connectivity index (χ4n) is 4.63. The van der Waals surface area contributed by atoms with Gasteiger partial charge in [-0.25, -0.2) is 9.59 Å². The molecule has 0 aromatic heterocycles. The zero-order chi connectivity index (χ0) is 23.5. The zero-order valence-corrected chi connectivity index (χ0v) is 19.0. The molecule has 2 aliphatic rings. The Morgan fingerprint density at radius 3 is 2.15 bits per heavy atom. The maximum absolute atomic E-state index is 12.8. The van der Waals surface area contributed by atoms with Crippen molar-refractivity contribution in [2.75, 3.05) is 6.61 Å². The predicted molar refractivity (Wildman–Crippen MR) is 124 cm³/mol. The van der Waals surface area contributed by atoms with Crippen LogP contribution in [0.25, 0.3) is 11.1 Å². The van der Waals surface area contributed by atoms with E-state index >= 15 is 0 Å². The van der Waals surface area contributed by atoms with Gasteiger partial charge < -0.3 is 20.1 Å². The van der Waals surface area contributed by atoms with Gasteiger partial charge in [0.1, 0.15) is 12.6 Å². The van der Waals surface area contributed by atoms with Crippen molar-refractivity contribution in [3.8, 4) is 11.1 Å². The monoisotopic (exact) mass is 450 g/mol. The molecule has 0 bridgehead atoms. The molecule has 0 saturated heterocycles. The second-order valence-electron chi connectivity index (χ2n) is 8.83. The van der Waals surface area contributed by atoms with E-state index in [0.717, 1.165) is 35.1 Å². The van der Waals surface area contributed by atoms with Gasteiger partial charge in [0.05, 0.1) is 0 Å². The quantitative estimate of drug-likeness (QED) is 0.598. The van der Waals surface area contributed by atoms with E-state index in [1.807, 2.05) is 31.2 Å². The third kappa shape index (κ3) is 4.87. The van der Waals surface area contributed by atoms with Crippen LogP contribution in [0.3, 0.4) is 0 Å². The number of carboxylic acids is 1. The molecule has 7 nitrogen and oxygen atoms in total. The maximum Gasteiger partial charge on any atom is 0.407 e. The number of nitrogens with zero attached hydrogens (tertiary/aromatic N) is 1. The highest BCUT2D eigenvalue weighted by Gasteiger charge is 2.39. The van der Waals surface area contributed by atoms with Crippen LogP contribution in [0, 0.1) is 0 Å². The molecular formula is C26H30N2O5. The Hall–Kier alpha value is -3.35. The standard InChI is InChI=1S/C26H30N2O5/c1-3-17(14-24(29)28(18-12-13-18)16(2)25(30)31)27-26(32)33-15-23-21-10-6-4-8-19(21)20-9-5-7-11-22(20)23/h4-11,16-18,23H,3,12-15H2,1-2H3,(H,27,32)(H,30,31). The van der Waals surface area contributed by atoms with Crippen LogP contribution >= 0.6 is 0 Å². The van der Waals surface area contributed by atoms with Crippen LogP contribution in [0.5, 0.6) is 0 Å². The number of hydrogen-bond donors (Lipinski definition) is 2. The van der Waals surface area contributed by atoms with E-state index < -0.39 is 24.1 Å². The van der Waals surface area contributed by atoms with Gasteiger partial charge in [-0.15, -0.1) is 0 Å². The van der Waals surface area contributed by atoms with Crippen LogP contribution in [0.4, 0.5) is 4.79 Å². The van der Waals surface area contributed by atoms with Crippen molar-refractivity contribution in [3.63, 3.8) is 0 Å². The van der Waals surface area contributed by atoms with E-state index in [4.69, 9.17) is 4.74 Å². The summed E-state index contributed by atoms with van der Waals surface area (Å²) in [6, 6.07) is 14.9. The van der Waals surface area contributed by atoms with Crippen LogP contribution in [-0.2, 0) is 14.3 Å². The fourth-order valence-corrected chi connectivity index (χ4v) is 4.63. The third-order valence-corrected chi connectivity index (χ3v) is 6.58. The van der Waals surface area contributed by atoms with Crippen LogP contribution in [-0.4, -0.2) is 52.7 Å². The lowest BCUT2D eigenvalue weighted by Gasteiger charge is -2.28. The average Bonchev–Trinajstić information content (AvgIpc) is 3.59. The van der Waals surface area contributed by atoms with Crippen molar-refractivity contribution in [3.05, 3.63) is 59.7 Å². The summed E-state index contributed by atoms with van der Waals surface area (Å²) in [5, 5.41) is 12.1. The first kappa shape index (κ1) is 22.8. The Balaban J connectivity index is 1.36. The average molecular weight is 451 g/mol. The SMILES string of the molecule is CCC(CC(=O)N(C1CC1)C(C)C(=O)O)NC(=O)OCC1c2ccccc2-c2ccccc21. The van der Waals surface area contributed by atoms with Crippen LogP contribution in [0.15, 0.2) is 48.5 Å². The number of hydrogen-bond acceptors (Lipinski definition) is 4. The number of carboxylic acid groups (broad SMARTS) is 1. The summed E-state index contributed by atoms with van der Waals surface area (Å²) in [5.41, 5.74) is 4.59. The smallest absolute Gasteiger partial charge is 0.407 e. The first-order chi connectivity index (χ1) is 15.9. The minimum absolute atomic E-state index is 0.0180. The summed E-state index contributed by atoms with van der Waals surface area (Å²) in [6.07, 6.45) is 1.66. The molecule has 1 fully saturated rings. The first-order valence-electron chi connectivity index (χ1n) is 11.6. The molecule has 0 heterocycles. The molecule has 2 atom stereocenters. The normalized spacial score (nSPS) is 16.3. The summed E-state index contributed by atoms with van der Waals surface area (Å²) in [7, 11) is 0. The summed E-state index contributed by atoms with van der Waals surface area (Å²) < 4.78 is 5.59. The van der Waals surface area contributed by atoms with Crippen LogP contribution in [0.1, 0.15) is 56.6 Å². The lowest BCUT2D eigenvalue weighted by atomic mass is 9.98. The van der Waals surface area contributed by atoms with Crippen molar-refractivity contribution in [2.45, 2.75) is 63.6 Å². The summed E-state index contributed by atoms with van der Waals surface area (Å²) in [5.74, 6) is -1.31. The molecule has 2 N–H and O–H groups in total. The predicted octanol–water partition coefficient (Wildman–Crippen LogP) is 4.16. The lowest BCUT2D eigenvalue weighted by Crippen LogP contribution is -2.47. The molecule has 2 amide bonds. The Labute approximate surface area is 193 Å². The van der Waals surface area contributed by atoms with Crippen molar-refractivity contribution in [2.24, 2.45) is 0 Å². The molecule has 33 heavy (non-hydrogen) atoms. The van der Waals surface area contributed by atoms with Gasteiger partial charge in [-0.1, -0.05) is 55.5 Å². The number of amides is 2. The molecule has 1 saturated carbocycles. The number of carbonyl (C=O) groups excluding carboxylic acids is 2. The highest BCUT2D eigenvalue weighted by Crippen LogP contribution is 2.44. The second-order valence-corrected chi connectivity index (χ2v) is 8.83. The second kappa shape index (κ2) is 9.65. The molecule has 2 aromatic rings. The number of alkyl carbamates (subject to hydrolysis) is 1. The Morgan fingerprint density at radius 2 is 1.64 bits per heavy atom. The van der Waals surface area contributed by atoms with Crippen LogP contribution in [0.2, 0.25) is 0 Å². The Kier molecular flexibility index (Phi) is 6.67. The van der Waals surface area contributed by atoms with E-state index in [-0.39, 0.29) is 30.9 Å². The largest absolute Gasteiger partial charge is 0.480 e. The molecule has 174 valence electrons. The van der Waals surface area contributed by atoms with Crippen molar-refractivity contribution in [1.29, 1.82) is 0 Å². The zero-order valence-electron chi connectivity index (χ0n) is 19.0. The fraction of sp³-hybridized carbons (Fsp3) is 0.423. The van der Waals surface area contributed by atoms with E-state index in [2.05, 4.69) is 29.6 Å². The summed E-state index contributed by atoms with van der Waals surface area (Å²) in [6.45, 7) is 3.61. The molecular weight excluding hydrogens is 420 g/mol. The molecule has 2 aliphatic carbocycles. The van der Waals surface area contributed by atoms with Gasteiger partial charge in [-0.2, -0.15) is 0 Å². The highest BCUT2D eigenvalue weighted by molar-refractivity contribution is 5.85. The van der Waals surface area contributed by atoms with Gasteiger partial charge in [-0.05, 0) is 48.4 Å². The van der Waals surface area contributed by atoms with Crippen molar-refractivity contribution >= 4 is 18.0 Å². The van der Waals surface area contributed by atoms with Crippen LogP contribution < -0.4 is 5.32 Å². The van der Waals surface area contributed by atoms with Gasteiger partial charge in [0.25, 0.3) is 0 Å². The number of benzene rings is 2. The van der Waals surface area contributed by atoms with Gasteiger partial charge in [0.15, 0.2) is 0 Å².